The number of aromatic nitrogens is 2. The number of nitrogens with zero attached hydrogens (tertiary/aromatic N) is 4. The largest absolute Gasteiger partial charge is 0.351 e. The molecule has 2 aromatic heterocycles. The van der Waals surface area contributed by atoms with E-state index in [1.165, 1.54) is 0 Å². The van der Waals surface area contributed by atoms with Crippen molar-refractivity contribution in [2.24, 2.45) is 0 Å². The van der Waals surface area contributed by atoms with Crippen LogP contribution in [0, 0.1) is 18.3 Å². The maximum Gasteiger partial charge on any atom is 0.130 e. The predicted octanol–water partition coefficient (Wildman–Crippen LogP) is 2.68. The van der Waals surface area contributed by atoms with E-state index in [0.29, 0.717) is 12.1 Å². The molecular formula is C15H16N4. The van der Waals surface area contributed by atoms with Crippen LogP contribution in [0.5, 0.6) is 0 Å². The Bertz CT molecular complexity index is 601. The fourth-order valence-electron chi connectivity index (χ4n) is 1.90. The van der Waals surface area contributed by atoms with E-state index in [2.05, 4.69) is 27.9 Å². The van der Waals surface area contributed by atoms with Gasteiger partial charge in [-0.3, -0.25) is 4.98 Å². The Labute approximate surface area is 113 Å². The Kier molecular flexibility index (Phi) is 4.09. The molecule has 0 saturated carbocycles. The molecule has 0 bridgehead atoms. The fourth-order valence-corrected chi connectivity index (χ4v) is 1.90. The lowest BCUT2D eigenvalue weighted by atomic mass is 10.2. The number of hydrogen-bond acceptors (Lipinski definition) is 4. The zero-order chi connectivity index (χ0) is 13.7. The molecule has 0 aliphatic rings. The first-order valence-electron chi connectivity index (χ1n) is 6.26. The summed E-state index contributed by atoms with van der Waals surface area (Å²) in [5.41, 5.74) is 2.64. The van der Waals surface area contributed by atoms with Gasteiger partial charge in [0, 0.05) is 18.4 Å². The van der Waals surface area contributed by atoms with Crippen molar-refractivity contribution in [1.82, 2.24) is 9.97 Å². The quantitative estimate of drug-likeness (QED) is 0.839. The molecule has 0 unspecified atom stereocenters. The van der Waals surface area contributed by atoms with E-state index in [4.69, 9.17) is 5.26 Å². The van der Waals surface area contributed by atoms with Gasteiger partial charge in [0.25, 0.3) is 0 Å². The molecule has 0 atom stereocenters. The summed E-state index contributed by atoms with van der Waals surface area (Å²) in [6, 6.07) is 11.6. The minimum absolute atomic E-state index is 0.626. The molecular weight excluding hydrogens is 236 g/mol. The molecule has 0 amide bonds. The summed E-state index contributed by atoms with van der Waals surface area (Å²) >= 11 is 0. The van der Waals surface area contributed by atoms with E-state index in [1.807, 2.05) is 25.1 Å². The first-order chi connectivity index (χ1) is 9.22. The van der Waals surface area contributed by atoms with Crippen LogP contribution in [-0.2, 0) is 6.54 Å². The fraction of sp³-hybridized carbons (Fsp3) is 0.267. The number of anilines is 1. The molecule has 0 saturated heterocycles. The average molecular weight is 252 g/mol. The van der Waals surface area contributed by atoms with Crippen LogP contribution in [-0.4, -0.2) is 16.5 Å². The Balaban J connectivity index is 2.22. The van der Waals surface area contributed by atoms with Crippen molar-refractivity contribution in [2.75, 3.05) is 11.4 Å². The predicted molar refractivity (Wildman–Crippen MR) is 74.7 cm³/mol. The molecule has 2 aromatic rings. The molecule has 2 rings (SSSR count). The molecule has 0 aromatic carbocycles. The molecule has 4 nitrogen and oxygen atoms in total. The molecule has 2 heterocycles. The standard InChI is InChI=1S/C15H16N4/c1-3-19(11-14-6-4-5-12(2)18-14)15-9-13(10-16)7-8-17-15/h4-9H,3,11H2,1-2H3. The normalized spacial score (nSPS) is 9.95. The van der Waals surface area contributed by atoms with Crippen molar-refractivity contribution >= 4 is 5.82 Å². The SMILES string of the molecule is CCN(Cc1cccc(C)n1)c1cc(C#N)ccn1. The van der Waals surface area contributed by atoms with Crippen LogP contribution in [0.15, 0.2) is 36.5 Å². The number of aryl methyl sites for hydroxylation is 1. The summed E-state index contributed by atoms with van der Waals surface area (Å²) < 4.78 is 0. The maximum absolute atomic E-state index is 8.93. The van der Waals surface area contributed by atoms with Gasteiger partial charge in [-0.25, -0.2) is 4.98 Å². The number of pyridine rings is 2. The third-order valence-corrected chi connectivity index (χ3v) is 2.88. The maximum atomic E-state index is 8.93. The summed E-state index contributed by atoms with van der Waals surface area (Å²) in [6.07, 6.45) is 1.67. The van der Waals surface area contributed by atoms with Crippen LogP contribution >= 0.6 is 0 Å². The van der Waals surface area contributed by atoms with Gasteiger partial charge < -0.3 is 4.90 Å². The van der Waals surface area contributed by atoms with Gasteiger partial charge in [-0.15, -0.1) is 0 Å². The van der Waals surface area contributed by atoms with E-state index >= 15 is 0 Å². The van der Waals surface area contributed by atoms with Gasteiger partial charge in [0.05, 0.1) is 23.9 Å². The summed E-state index contributed by atoms with van der Waals surface area (Å²) in [5, 5.41) is 8.93. The van der Waals surface area contributed by atoms with Crippen LogP contribution in [0.1, 0.15) is 23.9 Å². The summed E-state index contributed by atoms with van der Waals surface area (Å²) in [7, 11) is 0. The molecule has 0 fully saturated rings. The van der Waals surface area contributed by atoms with Crippen LogP contribution < -0.4 is 4.90 Å². The Morgan fingerprint density at radius 1 is 1.32 bits per heavy atom. The third kappa shape index (κ3) is 3.29. The average Bonchev–Trinajstić information content (AvgIpc) is 2.45. The van der Waals surface area contributed by atoms with Gasteiger partial charge >= 0.3 is 0 Å². The van der Waals surface area contributed by atoms with Gasteiger partial charge in [-0.1, -0.05) is 6.07 Å². The van der Waals surface area contributed by atoms with Gasteiger partial charge in [0.2, 0.25) is 0 Å². The molecule has 0 spiro atoms. The molecule has 96 valence electrons. The van der Waals surface area contributed by atoms with Crippen LogP contribution in [0.4, 0.5) is 5.82 Å². The van der Waals surface area contributed by atoms with Crippen LogP contribution in [0.25, 0.3) is 0 Å². The van der Waals surface area contributed by atoms with E-state index in [9.17, 15) is 0 Å². The van der Waals surface area contributed by atoms with E-state index in [-0.39, 0.29) is 0 Å². The van der Waals surface area contributed by atoms with Crippen LogP contribution in [0.2, 0.25) is 0 Å². The number of hydrogen-bond donors (Lipinski definition) is 0. The highest BCUT2D eigenvalue weighted by Crippen LogP contribution is 2.14. The first-order valence-corrected chi connectivity index (χ1v) is 6.26. The van der Waals surface area contributed by atoms with Gasteiger partial charge in [0.15, 0.2) is 0 Å². The Morgan fingerprint density at radius 2 is 2.16 bits per heavy atom. The van der Waals surface area contributed by atoms with Crippen molar-refractivity contribution in [1.29, 1.82) is 5.26 Å². The number of nitriles is 1. The van der Waals surface area contributed by atoms with Crippen molar-refractivity contribution in [3.8, 4) is 6.07 Å². The lowest BCUT2D eigenvalue weighted by Crippen LogP contribution is -2.23. The highest BCUT2D eigenvalue weighted by Gasteiger charge is 2.08. The highest BCUT2D eigenvalue weighted by atomic mass is 15.2. The minimum Gasteiger partial charge on any atom is -0.351 e. The second kappa shape index (κ2) is 5.96. The monoisotopic (exact) mass is 252 g/mol. The molecule has 4 heteroatoms. The Morgan fingerprint density at radius 3 is 2.84 bits per heavy atom. The second-order valence-corrected chi connectivity index (χ2v) is 4.30. The van der Waals surface area contributed by atoms with Gasteiger partial charge in [0.1, 0.15) is 5.82 Å². The first kappa shape index (κ1) is 13.0. The Hall–Kier alpha value is -2.41. The summed E-state index contributed by atoms with van der Waals surface area (Å²) in [6.45, 7) is 5.56. The highest BCUT2D eigenvalue weighted by molar-refractivity contribution is 5.45. The summed E-state index contributed by atoms with van der Waals surface area (Å²) in [4.78, 5) is 10.9. The van der Waals surface area contributed by atoms with E-state index < -0.39 is 0 Å². The minimum atomic E-state index is 0.626. The molecule has 0 aliphatic carbocycles. The van der Waals surface area contributed by atoms with Gasteiger partial charge in [-0.05, 0) is 38.1 Å². The molecule has 0 radical (unpaired) electrons. The zero-order valence-corrected chi connectivity index (χ0v) is 11.2. The smallest absolute Gasteiger partial charge is 0.130 e. The van der Waals surface area contributed by atoms with Crippen molar-refractivity contribution in [3.63, 3.8) is 0 Å². The number of rotatable bonds is 4. The van der Waals surface area contributed by atoms with Crippen molar-refractivity contribution in [3.05, 3.63) is 53.5 Å². The zero-order valence-electron chi connectivity index (χ0n) is 11.2. The van der Waals surface area contributed by atoms with Gasteiger partial charge in [-0.2, -0.15) is 5.26 Å². The van der Waals surface area contributed by atoms with Crippen LogP contribution in [0.3, 0.4) is 0 Å². The lowest BCUT2D eigenvalue weighted by molar-refractivity contribution is 0.790. The molecule has 0 aliphatic heterocycles. The van der Waals surface area contributed by atoms with E-state index in [0.717, 1.165) is 23.8 Å². The van der Waals surface area contributed by atoms with E-state index in [1.54, 1.807) is 18.3 Å². The third-order valence-electron chi connectivity index (χ3n) is 2.88. The van der Waals surface area contributed by atoms with Crippen molar-refractivity contribution < 1.29 is 0 Å². The molecule has 19 heavy (non-hydrogen) atoms. The molecule has 0 N–H and O–H groups in total. The lowest BCUT2D eigenvalue weighted by Gasteiger charge is -2.21. The second-order valence-electron chi connectivity index (χ2n) is 4.30. The van der Waals surface area contributed by atoms with Crippen molar-refractivity contribution in [2.45, 2.75) is 20.4 Å². The topological polar surface area (TPSA) is 52.8 Å². The summed E-state index contributed by atoms with van der Waals surface area (Å²) in [5.74, 6) is 0.810.